The second-order valence-corrected chi connectivity index (χ2v) is 5.57. The molecule has 0 spiro atoms. The van der Waals surface area contributed by atoms with Crippen molar-refractivity contribution in [3.8, 4) is 11.5 Å². The summed E-state index contributed by atoms with van der Waals surface area (Å²) in [5, 5.41) is 7.35. The smallest absolute Gasteiger partial charge is 0.187 e. The summed E-state index contributed by atoms with van der Waals surface area (Å²) in [4.78, 5) is 0. The van der Waals surface area contributed by atoms with Crippen molar-refractivity contribution in [2.45, 2.75) is 6.61 Å². The number of hydrogen-bond acceptors (Lipinski definition) is 4. The summed E-state index contributed by atoms with van der Waals surface area (Å²) in [7, 11) is 1.54. The SMILES string of the molecule is C=CCNC(=S)N/N=C/c1ccc(OCc2ccccc2F)c(OC)c1. The molecule has 0 bridgehead atoms. The molecule has 7 heteroatoms. The topological polar surface area (TPSA) is 54.9 Å². The van der Waals surface area contributed by atoms with Crippen LogP contribution in [0.5, 0.6) is 11.5 Å². The van der Waals surface area contributed by atoms with Crippen molar-refractivity contribution in [3.05, 3.63) is 72.1 Å². The van der Waals surface area contributed by atoms with Crippen LogP contribution in [0.3, 0.4) is 0 Å². The summed E-state index contributed by atoms with van der Waals surface area (Å²) in [6.07, 6.45) is 3.30. The van der Waals surface area contributed by atoms with Gasteiger partial charge in [0.2, 0.25) is 0 Å². The van der Waals surface area contributed by atoms with Crippen molar-refractivity contribution in [2.75, 3.05) is 13.7 Å². The molecule has 2 aromatic rings. The Morgan fingerprint density at radius 2 is 2.08 bits per heavy atom. The van der Waals surface area contributed by atoms with Crippen LogP contribution in [0.2, 0.25) is 0 Å². The van der Waals surface area contributed by atoms with Crippen LogP contribution in [0, 0.1) is 5.82 Å². The lowest BCUT2D eigenvalue weighted by molar-refractivity contribution is 0.279. The Hall–Kier alpha value is -2.93. The third-order valence-corrected chi connectivity index (χ3v) is 3.55. The van der Waals surface area contributed by atoms with Crippen LogP contribution in [0.1, 0.15) is 11.1 Å². The number of rotatable bonds is 8. The lowest BCUT2D eigenvalue weighted by Crippen LogP contribution is -2.31. The molecule has 0 fully saturated rings. The minimum atomic E-state index is -0.303. The molecule has 136 valence electrons. The van der Waals surface area contributed by atoms with Crippen LogP contribution in [0.25, 0.3) is 0 Å². The van der Waals surface area contributed by atoms with Crippen molar-refractivity contribution in [2.24, 2.45) is 5.10 Å². The number of ether oxygens (including phenoxy) is 2. The Labute approximate surface area is 157 Å². The second kappa shape index (κ2) is 10.1. The minimum Gasteiger partial charge on any atom is -0.493 e. The zero-order valence-electron chi connectivity index (χ0n) is 14.4. The van der Waals surface area contributed by atoms with Gasteiger partial charge >= 0.3 is 0 Å². The molecule has 0 aliphatic rings. The summed E-state index contributed by atoms with van der Waals surface area (Å²) >= 11 is 5.04. The zero-order valence-corrected chi connectivity index (χ0v) is 15.2. The van der Waals surface area contributed by atoms with Gasteiger partial charge in [-0.1, -0.05) is 24.3 Å². The zero-order chi connectivity index (χ0) is 18.8. The highest BCUT2D eigenvalue weighted by Crippen LogP contribution is 2.28. The maximum atomic E-state index is 13.7. The van der Waals surface area contributed by atoms with E-state index in [0.29, 0.717) is 28.7 Å². The van der Waals surface area contributed by atoms with Gasteiger partial charge in [-0.15, -0.1) is 6.58 Å². The van der Waals surface area contributed by atoms with E-state index in [2.05, 4.69) is 22.4 Å². The van der Waals surface area contributed by atoms with Crippen molar-refractivity contribution in [1.29, 1.82) is 0 Å². The van der Waals surface area contributed by atoms with E-state index in [1.54, 1.807) is 49.7 Å². The summed E-state index contributed by atoms with van der Waals surface area (Å²) in [5.74, 6) is 0.740. The molecule has 0 aliphatic heterocycles. The summed E-state index contributed by atoms with van der Waals surface area (Å²) < 4.78 is 24.7. The maximum absolute atomic E-state index is 13.7. The van der Waals surface area contributed by atoms with Gasteiger partial charge in [0.1, 0.15) is 12.4 Å². The summed E-state index contributed by atoms with van der Waals surface area (Å²) in [6, 6.07) is 11.8. The highest BCUT2D eigenvalue weighted by atomic mass is 32.1. The van der Waals surface area contributed by atoms with Gasteiger partial charge in [0, 0.05) is 12.1 Å². The molecule has 0 saturated carbocycles. The molecule has 2 rings (SSSR count). The lowest BCUT2D eigenvalue weighted by atomic mass is 10.2. The van der Waals surface area contributed by atoms with Gasteiger partial charge in [-0.05, 0) is 42.0 Å². The predicted octanol–water partition coefficient (Wildman–Crippen LogP) is 3.40. The van der Waals surface area contributed by atoms with E-state index in [1.807, 2.05) is 6.07 Å². The molecule has 2 N–H and O–H groups in total. The van der Waals surface area contributed by atoms with Crippen molar-refractivity contribution < 1.29 is 13.9 Å². The number of thiocarbonyl (C=S) groups is 1. The number of nitrogens with one attached hydrogen (secondary N) is 2. The molecule has 0 saturated heterocycles. The fourth-order valence-electron chi connectivity index (χ4n) is 2.02. The van der Waals surface area contributed by atoms with Gasteiger partial charge in [0.15, 0.2) is 16.6 Å². The van der Waals surface area contributed by atoms with Crippen LogP contribution >= 0.6 is 12.2 Å². The van der Waals surface area contributed by atoms with Gasteiger partial charge in [-0.25, -0.2) is 4.39 Å². The van der Waals surface area contributed by atoms with Gasteiger partial charge in [-0.2, -0.15) is 5.10 Å². The molecule has 0 heterocycles. The predicted molar refractivity (Wildman–Crippen MR) is 105 cm³/mol. The highest BCUT2D eigenvalue weighted by Gasteiger charge is 2.07. The number of nitrogens with zero attached hydrogens (tertiary/aromatic N) is 1. The first-order valence-corrected chi connectivity index (χ1v) is 8.27. The molecule has 0 atom stereocenters. The molecule has 0 aliphatic carbocycles. The van der Waals surface area contributed by atoms with E-state index < -0.39 is 0 Å². The van der Waals surface area contributed by atoms with E-state index in [1.165, 1.54) is 6.07 Å². The normalized spacial score (nSPS) is 10.4. The first-order valence-electron chi connectivity index (χ1n) is 7.86. The Bertz CT molecular complexity index is 796. The summed E-state index contributed by atoms with van der Waals surface area (Å²) in [6.45, 7) is 4.26. The van der Waals surface area contributed by atoms with Gasteiger partial charge in [0.25, 0.3) is 0 Å². The minimum absolute atomic E-state index is 0.112. The Kier molecular flexibility index (Phi) is 7.57. The fourth-order valence-corrected chi connectivity index (χ4v) is 2.16. The molecule has 26 heavy (non-hydrogen) atoms. The maximum Gasteiger partial charge on any atom is 0.187 e. The van der Waals surface area contributed by atoms with Crippen LogP contribution in [0.15, 0.2) is 60.2 Å². The van der Waals surface area contributed by atoms with Crippen LogP contribution < -0.4 is 20.2 Å². The van der Waals surface area contributed by atoms with E-state index >= 15 is 0 Å². The van der Waals surface area contributed by atoms with E-state index in [4.69, 9.17) is 21.7 Å². The molecule has 0 aromatic heterocycles. The van der Waals surface area contributed by atoms with Crippen LogP contribution in [-0.4, -0.2) is 25.0 Å². The molecule has 5 nitrogen and oxygen atoms in total. The summed E-state index contributed by atoms with van der Waals surface area (Å²) in [5.41, 5.74) is 3.97. The van der Waals surface area contributed by atoms with Crippen molar-refractivity contribution in [1.82, 2.24) is 10.7 Å². The van der Waals surface area contributed by atoms with E-state index in [-0.39, 0.29) is 12.4 Å². The van der Waals surface area contributed by atoms with Crippen LogP contribution in [0.4, 0.5) is 4.39 Å². The lowest BCUT2D eigenvalue weighted by Gasteiger charge is -2.11. The molecule has 0 unspecified atom stereocenters. The standard InChI is InChI=1S/C19H20FN3O2S/c1-3-10-21-19(26)23-22-12-14-8-9-17(18(11-14)24-2)25-13-15-6-4-5-7-16(15)20/h3-9,11-12H,1,10,13H2,2H3,(H2,21,23,26)/b22-12+. The monoisotopic (exact) mass is 373 g/mol. The van der Waals surface area contributed by atoms with E-state index in [0.717, 1.165) is 5.56 Å². The molecule has 0 amide bonds. The fraction of sp³-hybridized carbons (Fsp3) is 0.158. The quantitative estimate of drug-likeness (QED) is 0.321. The average molecular weight is 373 g/mol. The first kappa shape index (κ1) is 19.4. The van der Waals surface area contributed by atoms with Gasteiger partial charge in [0.05, 0.1) is 13.3 Å². The Balaban J connectivity index is 1.99. The van der Waals surface area contributed by atoms with Gasteiger partial charge < -0.3 is 14.8 Å². The highest BCUT2D eigenvalue weighted by molar-refractivity contribution is 7.80. The number of hydrogen-bond donors (Lipinski definition) is 2. The van der Waals surface area contributed by atoms with Crippen molar-refractivity contribution >= 4 is 23.5 Å². The number of halogens is 1. The third-order valence-electron chi connectivity index (χ3n) is 3.32. The number of hydrazone groups is 1. The van der Waals surface area contributed by atoms with Gasteiger partial charge in [-0.3, -0.25) is 5.43 Å². The molecule has 2 aromatic carbocycles. The first-order chi connectivity index (χ1) is 12.6. The molecular weight excluding hydrogens is 353 g/mol. The average Bonchev–Trinajstić information content (AvgIpc) is 2.66. The number of methoxy groups -OCH3 is 1. The third kappa shape index (κ3) is 5.86. The Morgan fingerprint density at radius 1 is 1.27 bits per heavy atom. The molecule has 0 radical (unpaired) electrons. The van der Waals surface area contributed by atoms with Crippen LogP contribution in [-0.2, 0) is 6.61 Å². The van der Waals surface area contributed by atoms with Crippen molar-refractivity contribution in [3.63, 3.8) is 0 Å². The van der Waals surface area contributed by atoms with E-state index in [9.17, 15) is 4.39 Å². The molecular formula is C19H20FN3O2S. The Morgan fingerprint density at radius 3 is 2.81 bits per heavy atom. The largest absolute Gasteiger partial charge is 0.493 e. The second-order valence-electron chi connectivity index (χ2n) is 5.16. The number of benzene rings is 2.